The second-order valence-corrected chi connectivity index (χ2v) is 10.9. The molecule has 3 aliphatic heterocycles. The SMILES string of the molecule is Cc1cccc2cccc(N3CCc4c(nc(OC[C@@H]5CCCN5C)nc4C(C#N)C4CNCCN4)C3)c12. The van der Waals surface area contributed by atoms with E-state index in [0.717, 1.165) is 62.5 Å². The van der Waals surface area contributed by atoms with Crippen LogP contribution in [0.4, 0.5) is 5.69 Å². The molecular formula is C30H37N7O. The van der Waals surface area contributed by atoms with Crippen molar-refractivity contribution in [3.63, 3.8) is 0 Å². The standard InChI is InChI=1S/C30H37N7O/c1-20-6-3-7-21-8-4-10-27(28(20)21)37-15-11-23-26(18-37)34-30(38-19-22-9-5-14-36(22)2)35-29(23)24(16-31)25-17-32-12-13-33-25/h3-4,6-8,10,22,24-25,32-33H,5,9,11-15,17-19H2,1-2H3/t22-,24?,25?/m0/s1. The topological polar surface area (TPSA) is 89.3 Å². The van der Waals surface area contributed by atoms with E-state index in [9.17, 15) is 5.26 Å². The molecule has 2 aromatic carbocycles. The summed E-state index contributed by atoms with van der Waals surface area (Å²) in [6.45, 7) is 7.90. The summed E-state index contributed by atoms with van der Waals surface area (Å²) in [4.78, 5) is 14.6. The summed E-state index contributed by atoms with van der Waals surface area (Å²) in [7, 11) is 2.15. The third-order valence-electron chi connectivity index (χ3n) is 8.49. The Kier molecular flexibility index (Phi) is 7.16. The zero-order valence-electron chi connectivity index (χ0n) is 22.4. The van der Waals surface area contributed by atoms with Crippen molar-refractivity contribution in [2.45, 2.75) is 50.7 Å². The Morgan fingerprint density at radius 3 is 2.79 bits per heavy atom. The lowest BCUT2D eigenvalue weighted by Crippen LogP contribution is -2.51. The third-order valence-corrected chi connectivity index (χ3v) is 8.49. The van der Waals surface area contributed by atoms with Gasteiger partial charge >= 0.3 is 6.01 Å². The van der Waals surface area contributed by atoms with Crippen molar-refractivity contribution in [1.82, 2.24) is 25.5 Å². The fourth-order valence-corrected chi connectivity index (χ4v) is 6.35. The predicted octanol–water partition coefficient (Wildman–Crippen LogP) is 3.14. The lowest BCUT2D eigenvalue weighted by atomic mass is 9.89. The number of nitrogens with zero attached hydrogens (tertiary/aromatic N) is 5. The number of aromatic nitrogens is 2. The molecule has 3 aliphatic rings. The molecule has 0 aliphatic carbocycles. The molecule has 2 saturated heterocycles. The number of ether oxygens (including phenoxy) is 1. The van der Waals surface area contributed by atoms with Crippen LogP contribution in [0.1, 0.15) is 41.3 Å². The van der Waals surface area contributed by atoms with Crippen molar-refractivity contribution in [3.05, 3.63) is 58.9 Å². The van der Waals surface area contributed by atoms with E-state index in [1.165, 1.54) is 28.4 Å². The van der Waals surface area contributed by atoms with Crippen molar-refractivity contribution < 1.29 is 4.74 Å². The maximum absolute atomic E-state index is 10.3. The van der Waals surface area contributed by atoms with E-state index in [1.807, 2.05) is 0 Å². The summed E-state index contributed by atoms with van der Waals surface area (Å²) >= 11 is 0. The van der Waals surface area contributed by atoms with Gasteiger partial charge < -0.3 is 25.2 Å². The van der Waals surface area contributed by atoms with Gasteiger partial charge in [-0.15, -0.1) is 0 Å². The van der Waals surface area contributed by atoms with Gasteiger partial charge in [-0.05, 0) is 56.8 Å². The fraction of sp³-hybridized carbons (Fsp3) is 0.500. The number of nitriles is 1. The van der Waals surface area contributed by atoms with Crippen LogP contribution in [0.2, 0.25) is 0 Å². The molecule has 38 heavy (non-hydrogen) atoms. The quantitative estimate of drug-likeness (QED) is 0.522. The maximum Gasteiger partial charge on any atom is 0.317 e. The first-order valence-electron chi connectivity index (χ1n) is 13.9. The second kappa shape index (κ2) is 10.9. The van der Waals surface area contributed by atoms with Gasteiger partial charge in [0.15, 0.2) is 0 Å². The Morgan fingerprint density at radius 1 is 1.16 bits per heavy atom. The molecule has 0 bridgehead atoms. The van der Waals surface area contributed by atoms with Crippen LogP contribution in [-0.2, 0) is 13.0 Å². The van der Waals surface area contributed by atoms with E-state index in [2.05, 4.69) is 76.9 Å². The smallest absolute Gasteiger partial charge is 0.317 e. The summed E-state index contributed by atoms with van der Waals surface area (Å²) < 4.78 is 6.25. The molecule has 2 fully saturated rings. The highest BCUT2D eigenvalue weighted by Gasteiger charge is 2.33. The Labute approximate surface area is 225 Å². The van der Waals surface area contributed by atoms with E-state index in [1.54, 1.807) is 0 Å². The highest BCUT2D eigenvalue weighted by molar-refractivity contribution is 5.97. The van der Waals surface area contributed by atoms with E-state index in [0.29, 0.717) is 25.2 Å². The number of likely N-dealkylation sites (N-methyl/N-ethyl adjacent to an activating group) is 1. The average molecular weight is 512 g/mol. The summed E-state index contributed by atoms with van der Waals surface area (Å²) in [6.07, 6.45) is 3.12. The molecular weight excluding hydrogens is 474 g/mol. The van der Waals surface area contributed by atoms with E-state index < -0.39 is 0 Å². The largest absolute Gasteiger partial charge is 0.462 e. The number of aryl methyl sites for hydroxylation is 1. The van der Waals surface area contributed by atoms with E-state index in [-0.39, 0.29) is 12.0 Å². The number of nitrogens with one attached hydrogen (secondary N) is 2. The molecule has 198 valence electrons. The number of hydrogen-bond acceptors (Lipinski definition) is 8. The van der Waals surface area contributed by atoms with Crippen molar-refractivity contribution >= 4 is 16.5 Å². The molecule has 8 nitrogen and oxygen atoms in total. The lowest BCUT2D eigenvalue weighted by molar-refractivity contribution is 0.186. The Morgan fingerprint density at radius 2 is 2.03 bits per heavy atom. The molecule has 0 saturated carbocycles. The molecule has 2 unspecified atom stereocenters. The van der Waals surface area contributed by atoms with Gasteiger partial charge in [-0.2, -0.15) is 15.2 Å². The molecule has 4 heterocycles. The molecule has 8 heteroatoms. The predicted molar refractivity (Wildman–Crippen MR) is 150 cm³/mol. The molecule has 0 spiro atoms. The molecule has 1 aromatic heterocycles. The average Bonchev–Trinajstić information content (AvgIpc) is 3.37. The lowest BCUT2D eigenvalue weighted by Gasteiger charge is -2.34. The number of rotatable bonds is 6. The molecule has 0 radical (unpaired) electrons. The first kappa shape index (κ1) is 25.1. The molecule has 3 atom stereocenters. The highest BCUT2D eigenvalue weighted by atomic mass is 16.5. The summed E-state index contributed by atoms with van der Waals surface area (Å²) in [5.74, 6) is -0.359. The van der Waals surface area contributed by atoms with Crippen LogP contribution in [0.3, 0.4) is 0 Å². The zero-order valence-corrected chi connectivity index (χ0v) is 22.4. The minimum atomic E-state index is -0.359. The van der Waals surface area contributed by atoms with Gasteiger partial charge in [-0.3, -0.25) is 0 Å². The van der Waals surface area contributed by atoms with E-state index >= 15 is 0 Å². The van der Waals surface area contributed by atoms with Crippen LogP contribution >= 0.6 is 0 Å². The number of hydrogen-bond donors (Lipinski definition) is 2. The van der Waals surface area contributed by atoms with Gasteiger partial charge in [-0.25, -0.2) is 0 Å². The van der Waals surface area contributed by atoms with Gasteiger partial charge in [0, 0.05) is 54.9 Å². The Hall–Kier alpha value is -3.25. The minimum absolute atomic E-state index is 0.0142. The Bertz CT molecular complexity index is 1340. The van der Waals surface area contributed by atoms with Gasteiger partial charge in [-0.1, -0.05) is 30.3 Å². The van der Waals surface area contributed by atoms with Crippen LogP contribution in [0.15, 0.2) is 36.4 Å². The normalized spacial score (nSPS) is 22.7. The van der Waals surface area contributed by atoms with Crippen LogP contribution in [-0.4, -0.2) is 73.3 Å². The summed E-state index contributed by atoms with van der Waals surface area (Å²) in [5.41, 5.74) is 5.43. The van der Waals surface area contributed by atoms with Gasteiger partial charge in [0.2, 0.25) is 0 Å². The summed E-state index contributed by atoms with van der Waals surface area (Å²) in [6, 6.07) is 16.4. The second-order valence-electron chi connectivity index (χ2n) is 10.9. The number of benzene rings is 2. The highest BCUT2D eigenvalue weighted by Crippen LogP contribution is 2.35. The zero-order chi connectivity index (χ0) is 26.1. The van der Waals surface area contributed by atoms with Gasteiger partial charge in [0.1, 0.15) is 12.5 Å². The van der Waals surface area contributed by atoms with Crippen molar-refractivity contribution in [2.24, 2.45) is 0 Å². The monoisotopic (exact) mass is 511 g/mol. The number of anilines is 1. The van der Waals surface area contributed by atoms with Crippen LogP contribution < -0.4 is 20.3 Å². The summed E-state index contributed by atoms with van der Waals surface area (Å²) in [5, 5.41) is 19.8. The van der Waals surface area contributed by atoms with Gasteiger partial charge in [0.05, 0.1) is 24.0 Å². The van der Waals surface area contributed by atoms with Crippen LogP contribution in [0.5, 0.6) is 6.01 Å². The molecule has 0 amide bonds. The third kappa shape index (κ3) is 4.82. The minimum Gasteiger partial charge on any atom is -0.462 e. The van der Waals surface area contributed by atoms with Crippen molar-refractivity contribution in [2.75, 3.05) is 51.3 Å². The number of piperazine rings is 1. The molecule has 6 rings (SSSR count). The number of fused-ring (bicyclic) bond motifs is 2. The molecule has 2 N–H and O–H groups in total. The van der Waals surface area contributed by atoms with Crippen molar-refractivity contribution in [3.8, 4) is 12.1 Å². The fourth-order valence-electron chi connectivity index (χ4n) is 6.35. The maximum atomic E-state index is 10.3. The van der Waals surface area contributed by atoms with Gasteiger partial charge in [0.25, 0.3) is 0 Å². The van der Waals surface area contributed by atoms with E-state index in [4.69, 9.17) is 14.7 Å². The van der Waals surface area contributed by atoms with Crippen LogP contribution in [0, 0.1) is 18.3 Å². The number of likely N-dealkylation sites (tertiary alicyclic amines) is 1. The first-order chi connectivity index (χ1) is 18.6. The Balaban J connectivity index is 1.36. The van der Waals surface area contributed by atoms with Crippen molar-refractivity contribution in [1.29, 1.82) is 5.26 Å². The van der Waals surface area contributed by atoms with Crippen LogP contribution in [0.25, 0.3) is 10.8 Å². The first-order valence-corrected chi connectivity index (χ1v) is 13.9. The molecule has 3 aromatic rings.